The van der Waals surface area contributed by atoms with E-state index in [2.05, 4.69) is 4.99 Å². The molecule has 2 rings (SSSR count). The zero-order chi connectivity index (χ0) is 14.4. The zero-order valence-corrected chi connectivity index (χ0v) is 11.4. The van der Waals surface area contributed by atoms with Gasteiger partial charge in [0, 0.05) is 11.2 Å². The van der Waals surface area contributed by atoms with Crippen molar-refractivity contribution in [3.8, 4) is 5.75 Å². The smallest absolute Gasteiger partial charge is 0.255 e. The van der Waals surface area contributed by atoms with E-state index in [0.29, 0.717) is 10.8 Å². The highest BCUT2D eigenvalue weighted by Crippen LogP contribution is 2.16. The van der Waals surface area contributed by atoms with Gasteiger partial charge in [0.05, 0.1) is 5.69 Å². The molecule has 0 unspecified atom stereocenters. The summed E-state index contributed by atoms with van der Waals surface area (Å²) in [6.45, 7) is -0.127. The largest absolute Gasteiger partial charge is 0.484 e. The standard InChI is InChI=1S/C15H13ClN2O2/c16-12-3-5-13(6-4-12)18-9-11-1-7-14(8-2-11)20-10-15(17)19/h1-9H,10H2,(H2,17,19). The van der Waals surface area contributed by atoms with Gasteiger partial charge in [0.1, 0.15) is 5.75 Å². The average molecular weight is 289 g/mol. The molecule has 4 nitrogen and oxygen atoms in total. The number of halogens is 1. The predicted octanol–water partition coefficient (Wildman–Crippen LogP) is 2.95. The molecule has 0 spiro atoms. The number of ether oxygens (including phenoxy) is 1. The van der Waals surface area contributed by atoms with Crippen LogP contribution >= 0.6 is 11.6 Å². The lowest BCUT2D eigenvalue weighted by molar-refractivity contribution is -0.119. The van der Waals surface area contributed by atoms with E-state index in [1.807, 2.05) is 24.3 Å². The molecular formula is C15H13ClN2O2. The Labute approximate surface area is 121 Å². The second kappa shape index (κ2) is 6.73. The third kappa shape index (κ3) is 4.40. The molecule has 1 amide bonds. The number of amides is 1. The number of nitrogens with two attached hydrogens (primary N) is 1. The van der Waals surface area contributed by atoms with Crippen molar-refractivity contribution >= 4 is 29.4 Å². The molecule has 2 aromatic rings. The maximum absolute atomic E-state index is 10.6. The summed E-state index contributed by atoms with van der Waals surface area (Å²) in [4.78, 5) is 14.9. The maximum Gasteiger partial charge on any atom is 0.255 e. The second-order valence-corrected chi connectivity index (χ2v) is 4.50. The van der Waals surface area contributed by atoms with Gasteiger partial charge in [-0.15, -0.1) is 0 Å². The molecule has 0 saturated carbocycles. The first-order valence-electron chi connectivity index (χ1n) is 5.94. The number of hydrogen-bond acceptors (Lipinski definition) is 3. The van der Waals surface area contributed by atoms with Crippen LogP contribution in [0.15, 0.2) is 53.5 Å². The Morgan fingerprint density at radius 3 is 2.40 bits per heavy atom. The molecule has 0 aliphatic carbocycles. The molecule has 0 bridgehead atoms. The van der Waals surface area contributed by atoms with Crippen LogP contribution in [0.2, 0.25) is 5.02 Å². The third-order valence-electron chi connectivity index (χ3n) is 2.45. The lowest BCUT2D eigenvalue weighted by Gasteiger charge is -2.03. The molecule has 5 heteroatoms. The fraction of sp³-hybridized carbons (Fsp3) is 0.0667. The summed E-state index contributed by atoms with van der Waals surface area (Å²) in [6.07, 6.45) is 1.74. The number of rotatable bonds is 5. The predicted molar refractivity (Wildman–Crippen MR) is 79.8 cm³/mol. The summed E-state index contributed by atoms with van der Waals surface area (Å²) in [5.41, 5.74) is 6.74. The number of primary amides is 1. The number of benzene rings is 2. The summed E-state index contributed by atoms with van der Waals surface area (Å²) < 4.78 is 5.16. The van der Waals surface area contributed by atoms with E-state index in [0.717, 1.165) is 11.3 Å². The van der Waals surface area contributed by atoms with Crippen molar-refractivity contribution in [2.75, 3.05) is 6.61 Å². The van der Waals surface area contributed by atoms with Crippen LogP contribution in [0, 0.1) is 0 Å². The van der Waals surface area contributed by atoms with Crippen LogP contribution in [0.3, 0.4) is 0 Å². The second-order valence-electron chi connectivity index (χ2n) is 4.06. The van der Waals surface area contributed by atoms with Crippen LogP contribution in [0.5, 0.6) is 5.75 Å². The molecule has 0 heterocycles. The lowest BCUT2D eigenvalue weighted by Crippen LogP contribution is -2.19. The number of hydrogen-bond donors (Lipinski definition) is 1. The molecule has 0 radical (unpaired) electrons. The van der Waals surface area contributed by atoms with Gasteiger partial charge in [-0.3, -0.25) is 9.79 Å². The van der Waals surface area contributed by atoms with Crippen molar-refractivity contribution in [1.82, 2.24) is 0 Å². The normalized spacial score (nSPS) is 10.7. The van der Waals surface area contributed by atoms with Crippen molar-refractivity contribution in [3.63, 3.8) is 0 Å². The number of nitrogens with zero attached hydrogens (tertiary/aromatic N) is 1. The Bertz CT molecular complexity index is 607. The third-order valence-corrected chi connectivity index (χ3v) is 2.70. The van der Waals surface area contributed by atoms with Crippen molar-refractivity contribution in [1.29, 1.82) is 0 Å². The van der Waals surface area contributed by atoms with Gasteiger partial charge in [-0.05, 0) is 54.1 Å². The highest BCUT2D eigenvalue weighted by Gasteiger charge is 1.97. The molecular weight excluding hydrogens is 276 g/mol. The van der Waals surface area contributed by atoms with E-state index < -0.39 is 5.91 Å². The van der Waals surface area contributed by atoms with Gasteiger partial charge in [-0.1, -0.05) is 11.6 Å². The molecule has 0 aliphatic rings. The van der Waals surface area contributed by atoms with E-state index >= 15 is 0 Å². The summed E-state index contributed by atoms with van der Waals surface area (Å²) in [7, 11) is 0. The Morgan fingerprint density at radius 2 is 1.80 bits per heavy atom. The quantitative estimate of drug-likeness (QED) is 0.860. The first-order chi connectivity index (χ1) is 9.63. The van der Waals surface area contributed by atoms with Gasteiger partial charge in [0.15, 0.2) is 6.61 Å². The molecule has 102 valence electrons. The number of aliphatic imine (C=N–C) groups is 1. The molecule has 0 fully saturated rings. The van der Waals surface area contributed by atoms with Gasteiger partial charge < -0.3 is 10.5 Å². The minimum Gasteiger partial charge on any atom is -0.484 e. The minimum absolute atomic E-state index is 0.127. The first-order valence-corrected chi connectivity index (χ1v) is 6.32. The molecule has 0 atom stereocenters. The fourth-order valence-corrected chi connectivity index (χ4v) is 1.61. The maximum atomic E-state index is 10.6. The first kappa shape index (κ1) is 14.1. The average Bonchev–Trinajstić information content (AvgIpc) is 2.45. The molecule has 0 aromatic heterocycles. The Kier molecular flexibility index (Phi) is 4.74. The lowest BCUT2D eigenvalue weighted by atomic mass is 10.2. The van der Waals surface area contributed by atoms with E-state index in [1.165, 1.54) is 0 Å². The van der Waals surface area contributed by atoms with Gasteiger partial charge >= 0.3 is 0 Å². The van der Waals surface area contributed by atoms with Crippen molar-refractivity contribution in [2.24, 2.45) is 10.7 Å². The monoisotopic (exact) mass is 288 g/mol. The molecule has 20 heavy (non-hydrogen) atoms. The van der Waals surface area contributed by atoms with Crippen molar-refractivity contribution in [2.45, 2.75) is 0 Å². The molecule has 0 saturated heterocycles. The minimum atomic E-state index is -0.502. The van der Waals surface area contributed by atoms with Crippen LogP contribution < -0.4 is 10.5 Å². The Morgan fingerprint density at radius 1 is 1.15 bits per heavy atom. The fourth-order valence-electron chi connectivity index (χ4n) is 1.48. The Hall–Kier alpha value is -2.33. The molecule has 2 aromatic carbocycles. The van der Waals surface area contributed by atoms with Gasteiger partial charge in [0.25, 0.3) is 5.91 Å². The summed E-state index contributed by atoms with van der Waals surface area (Å²) in [5, 5.41) is 0.680. The van der Waals surface area contributed by atoms with Crippen molar-refractivity contribution in [3.05, 3.63) is 59.1 Å². The number of carbonyl (C=O) groups is 1. The highest BCUT2D eigenvalue weighted by atomic mass is 35.5. The van der Waals surface area contributed by atoms with Gasteiger partial charge in [-0.25, -0.2) is 0 Å². The topological polar surface area (TPSA) is 64.7 Å². The van der Waals surface area contributed by atoms with Crippen molar-refractivity contribution < 1.29 is 9.53 Å². The molecule has 2 N–H and O–H groups in total. The molecule has 0 aliphatic heterocycles. The van der Waals surface area contributed by atoms with E-state index in [-0.39, 0.29) is 6.61 Å². The summed E-state index contributed by atoms with van der Waals surface area (Å²) in [6, 6.07) is 14.4. The SMILES string of the molecule is NC(=O)COc1ccc(C=Nc2ccc(Cl)cc2)cc1. The van der Waals surface area contributed by atoms with Crippen LogP contribution in [-0.2, 0) is 4.79 Å². The zero-order valence-electron chi connectivity index (χ0n) is 10.6. The van der Waals surface area contributed by atoms with E-state index in [9.17, 15) is 4.79 Å². The van der Waals surface area contributed by atoms with Crippen LogP contribution in [0.25, 0.3) is 0 Å². The van der Waals surface area contributed by atoms with Gasteiger partial charge in [0.2, 0.25) is 0 Å². The Balaban J connectivity index is 1.99. The number of carbonyl (C=O) groups excluding carboxylic acids is 1. The van der Waals surface area contributed by atoms with Gasteiger partial charge in [-0.2, -0.15) is 0 Å². The van der Waals surface area contributed by atoms with Crippen LogP contribution in [0.4, 0.5) is 5.69 Å². The van der Waals surface area contributed by atoms with E-state index in [1.54, 1.807) is 30.5 Å². The van der Waals surface area contributed by atoms with E-state index in [4.69, 9.17) is 22.1 Å². The van der Waals surface area contributed by atoms with Crippen LogP contribution in [-0.4, -0.2) is 18.7 Å². The highest BCUT2D eigenvalue weighted by molar-refractivity contribution is 6.30. The summed E-state index contributed by atoms with van der Waals surface area (Å²) >= 11 is 5.80. The van der Waals surface area contributed by atoms with Crippen LogP contribution in [0.1, 0.15) is 5.56 Å². The summed E-state index contributed by atoms with van der Waals surface area (Å²) in [5.74, 6) is 0.0887.